The number of ether oxygens (including phenoxy) is 1. The van der Waals surface area contributed by atoms with Gasteiger partial charge in [-0.25, -0.2) is 4.39 Å². The first kappa shape index (κ1) is 22.3. The van der Waals surface area contributed by atoms with Crippen LogP contribution >= 0.6 is 23.8 Å². The van der Waals surface area contributed by atoms with Crippen molar-refractivity contribution in [2.75, 3.05) is 6.61 Å². The molecule has 0 saturated carbocycles. The molecule has 2 aromatic rings. The highest BCUT2D eigenvalue weighted by Gasteiger charge is 2.07. The molecule has 0 radical (unpaired) electrons. The molecule has 2 rings (SSSR count). The molecule has 0 atom stereocenters. The summed E-state index contributed by atoms with van der Waals surface area (Å²) >= 11 is 11.0. The van der Waals surface area contributed by atoms with Crippen LogP contribution in [0.3, 0.4) is 0 Å². The lowest BCUT2D eigenvalue weighted by atomic mass is 10.1. The highest BCUT2D eigenvalue weighted by molar-refractivity contribution is 7.80. The maximum atomic E-state index is 12.8. The lowest BCUT2D eigenvalue weighted by Crippen LogP contribution is -2.49. The molecular formula is C20H19ClFN3O3S. The molecular weight excluding hydrogens is 417 g/mol. The molecule has 0 aliphatic rings. The Bertz CT molecular complexity index is 925. The minimum atomic E-state index is -0.510. The Balaban J connectivity index is 1.73. The van der Waals surface area contributed by atoms with Gasteiger partial charge in [0.05, 0.1) is 0 Å². The zero-order valence-electron chi connectivity index (χ0n) is 15.7. The Morgan fingerprint density at radius 1 is 1.14 bits per heavy atom. The number of thiocarbonyl (C=S) groups is 1. The number of hydrogen-bond acceptors (Lipinski definition) is 4. The van der Waals surface area contributed by atoms with E-state index in [0.29, 0.717) is 16.3 Å². The van der Waals surface area contributed by atoms with Gasteiger partial charge in [0, 0.05) is 11.1 Å². The number of hydrogen-bond donors (Lipinski definition) is 3. The molecule has 152 valence electrons. The summed E-state index contributed by atoms with van der Waals surface area (Å²) < 4.78 is 18.2. The minimum absolute atomic E-state index is 0.0923. The first-order chi connectivity index (χ1) is 13.7. The van der Waals surface area contributed by atoms with E-state index in [2.05, 4.69) is 16.2 Å². The third kappa shape index (κ3) is 7.52. The fourth-order valence-electron chi connectivity index (χ4n) is 2.23. The van der Waals surface area contributed by atoms with Crippen LogP contribution in [0, 0.1) is 19.7 Å². The van der Waals surface area contributed by atoms with Crippen molar-refractivity contribution in [1.82, 2.24) is 16.2 Å². The molecule has 0 heterocycles. The summed E-state index contributed by atoms with van der Waals surface area (Å²) in [4.78, 5) is 23.6. The van der Waals surface area contributed by atoms with Crippen molar-refractivity contribution in [2.24, 2.45) is 0 Å². The van der Waals surface area contributed by atoms with E-state index in [0.717, 1.165) is 11.1 Å². The molecule has 2 amide bonds. The molecule has 0 spiro atoms. The third-order valence-electron chi connectivity index (χ3n) is 3.63. The molecule has 6 nitrogen and oxygen atoms in total. The molecule has 0 unspecified atom stereocenters. The lowest BCUT2D eigenvalue weighted by Gasteiger charge is -2.12. The van der Waals surface area contributed by atoms with Gasteiger partial charge in [-0.1, -0.05) is 23.7 Å². The number of rotatable bonds is 5. The minimum Gasteiger partial charge on any atom is -0.484 e. The van der Waals surface area contributed by atoms with Crippen LogP contribution in [0.15, 0.2) is 42.5 Å². The van der Waals surface area contributed by atoms with Crippen molar-refractivity contribution in [3.05, 3.63) is 70.0 Å². The molecule has 0 saturated heterocycles. The zero-order chi connectivity index (χ0) is 21.4. The Labute approximate surface area is 178 Å². The Morgan fingerprint density at radius 3 is 2.38 bits per heavy atom. The maximum Gasteiger partial charge on any atom is 0.276 e. The normalized spacial score (nSPS) is 10.5. The number of nitrogens with one attached hydrogen (secondary N) is 3. The van der Waals surface area contributed by atoms with Crippen LogP contribution in [0.1, 0.15) is 16.7 Å². The predicted molar refractivity (Wildman–Crippen MR) is 114 cm³/mol. The smallest absolute Gasteiger partial charge is 0.276 e. The summed E-state index contributed by atoms with van der Waals surface area (Å²) in [6, 6.07) is 9.09. The van der Waals surface area contributed by atoms with Gasteiger partial charge in [-0.3, -0.25) is 25.8 Å². The first-order valence-corrected chi connectivity index (χ1v) is 9.26. The van der Waals surface area contributed by atoms with Gasteiger partial charge in [-0.05, 0) is 73.1 Å². The second kappa shape index (κ2) is 10.5. The van der Waals surface area contributed by atoms with E-state index in [1.807, 2.05) is 13.8 Å². The van der Waals surface area contributed by atoms with Gasteiger partial charge in [-0.15, -0.1) is 0 Å². The molecule has 29 heavy (non-hydrogen) atoms. The fraction of sp³-hybridized carbons (Fsp3) is 0.150. The molecule has 0 aliphatic carbocycles. The second-order valence-electron chi connectivity index (χ2n) is 6.04. The van der Waals surface area contributed by atoms with Gasteiger partial charge >= 0.3 is 0 Å². The van der Waals surface area contributed by atoms with Gasteiger partial charge in [0.15, 0.2) is 11.7 Å². The SMILES string of the molecule is Cc1cc(OCC(=O)NNC(=S)NC(=O)C=Cc2ccc(F)cc2)cc(C)c1Cl. The largest absolute Gasteiger partial charge is 0.484 e. The highest BCUT2D eigenvalue weighted by Crippen LogP contribution is 2.25. The molecule has 0 bridgehead atoms. The fourth-order valence-corrected chi connectivity index (χ4v) is 2.49. The van der Waals surface area contributed by atoms with E-state index >= 15 is 0 Å². The molecule has 2 aromatic carbocycles. The monoisotopic (exact) mass is 435 g/mol. The summed E-state index contributed by atoms with van der Waals surface area (Å²) in [5, 5.41) is 2.92. The highest BCUT2D eigenvalue weighted by atomic mass is 35.5. The van der Waals surface area contributed by atoms with Crippen molar-refractivity contribution in [3.8, 4) is 5.75 Å². The first-order valence-electron chi connectivity index (χ1n) is 8.47. The topological polar surface area (TPSA) is 79.5 Å². The quantitative estimate of drug-likeness (QED) is 0.382. The van der Waals surface area contributed by atoms with Crippen LogP contribution in [0.5, 0.6) is 5.75 Å². The maximum absolute atomic E-state index is 12.8. The zero-order valence-corrected chi connectivity index (χ0v) is 17.3. The van der Waals surface area contributed by atoms with Crippen molar-refractivity contribution in [2.45, 2.75) is 13.8 Å². The number of benzene rings is 2. The lowest BCUT2D eigenvalue weighted by molar-refractivity contribution is -0.123. The number of amides is 2. The van der Waals surface area contributed by atoms with Gasteiger partial charge in [0.2, 0.25) is 5.91 Å². The summed E-state index contributed by atoms with van der Waals surface area (Å²) in [6.45, 7) is 3.43. The van der Waals surface area contributed by atoms with Gasteiger partial charge < -0.3 is 4.74 Å². The standard InChI is InChI=1S/C20H19ClFN3O3S/c1-12-9-16(10-13(2)19(12)21)28-11-18(27)24-25-20(29)23-17(26)8-5-14-3-6-15(22)7-4-14/h3-10H,11H2,1-2H3,(H,24,27)(H2,23,25,26,29). The van der Waals surface area contributed by atoms with E-state index in [1.54, 1.807) is 12.1 Å². The molecule has 3 N–H and O–H groups in total. The van der Waals surface area contributed by atoms with Gasteiger partial charge in [-0.2, -0.15) is 0 Å². The van der Waals surface area contributed by atoms with E-state index in [4.69, 9.17) is 28.6 Å². The Hall–Kier alpha value is -2.97. The summed E-state index contributed by atoms with van der Waals surface area (Å²) in [5.41, 5.74) is 7.06. The van der Waals surface area contributed by atoms with Crippen LogP contribution in [0.25, 0.3) is 6.08 Å². The number of carbonyl (C=O) groups is 2. The molecule has 0 fully saturated rings. The number of carbonyl (C=O) groups excluding carboxylic acids is 2. The van der Waals surface area contributed by atoms with E-state index in [-0.39, 0.29) is 17.5 Å². The summed E-state index contributed by atoms with van der Waals surface area (Å²) in [7, 11) is 0. The van der Waals surface area contributed by atoms with Crippen molar-refractivity contribution in [1.29, 1.82) is 0 Å². The average molecular weight is 436 g/mol. The number of hydrazine groups is 1. The van der Waals surface area contributed by atoms with Crippen LogP contribution in [0.2, 0.25) is 5.02 Å². The van der Waals surface area contributed by atoms with Crippen LogP contribution in [-0.2, 0) is 9.59 Å². The van der Waals surface area contributed by atoms with Crippen molar-refractivity contribution in [3.63, 3.8) is 0 Å². The van der Waals surface area contributed by atoms with Crippen LogP contribution in [0.4, 0.5) is 4.39 Å². The molecule has 0 aromatic heterocycles. The number of aryl methyl sites for hydroxylation is 2. The van der Waals surface area contributed by atoms with Crippen molar-refractivity contribution >= 4 is 46.8 Å². The summed E-state index contributed by atoms with van der Waals surface area (Å²) in [6.07, 6.45) is 2.73. The third-order valence-corrected chi connectivity index (χ3v) is 4.43. The van der Waals surface area contributed by atoms with E-state index in [9.17, 15) is 14.0 Å². The van der Waals surface area contributed by atoms with Crippen LogP contribution < -0.4 is 20.9 Å². The predicted octanol–water partition coefficient (Wildman–Crippen LogP) is 3.21. The van der Waals surface area contributed by atoms with Crippen molar-refractivity contribution < 1.29 is 18.7 Å². The van der Waals surface area contributed by atoms with Gasteiger partial charge in [0.1, 0.15) is 11.6 Å². The number of halogens is 2. The van der Waals surface area contributed by atoms with Gasteiger partial charge in [0.25, 0.3) is 5.91 Å². The average Bonchev–Trinajstić information content (AvgIpc) is 2.68. The molecule has 0 aliphatic heterocycles. The van der Waals surface area contributed by atoms with E-state index < -0.39 is 11.8 Å². The van der Waals surface area contributed by atoms with Crippen LogP contribution in [-0.4, -0.2) is 23.5 Å². The van der Waals surface area contributed by atoms with E-state index in [1.165, 1.54) is 36.4 Å². The second-order valence-corrected chi connectivity index (χ2v) is 6.82. The summed E-state index contributed by atoms with van der Waals surface area (Å²) in [5.74, 6) is -0.850. The molecule has 9 heteroatoms. The Morgan fingerprint density at radius 2 is 1.76 bits per heavy atom. The Kier molecular flexibility index (Phi) is 8.11.